The summed E-state index contributed by atoms with van der Waals surface area (Å²) in [5.74, 6) is -0.797. The minimum absolute atomic E-state index is 0.111. The number of carbonyl (C=O) groups excluding carboxylic acids is 2. The molecule has 1 aliphatic rings. The summed E-state index contributed by atoms with van der Waals surface area (Å²) in [5.41, 5.74) is 3.92. The number of carbonyl (C=O) groups is 2. The third-order valence-corrected chi connectivity index (χ3v) is 6.39. The van der Waals surface area contributed by atoms with E-state index in [0.717, 1.165) is 11.3 Å². The number of rotatable bonds is 6. The van der Waals surface area contributed by atoms with Crippen LogP contribution in [-0.4, -0.2) is 54.1 Å². The molecule has 34 heavy (non-hydrogen) atoms. The molecule has 1 fully saturated rings. The first kappa shape index (κ1) is 23.5. The number of ether oxygens (including phenoxy) is 1. The maximum absolute atomic E-state index is 14.2. The summed E-state index contributed by atoms with van der Waals surface area (Å²) in [4.78, 5) is 30.2. The van der Waals surface area contributed by atoms with Crippen molar-refractivity contribution in [3.63, 3.8) is 0 Å². The van der Waals surface area contributed by atoms with Crippen LogP contribution < -0.4 is 4.90 Å². The van der Waals surface area contributed by atoms with Crippen LogP contribution >= 0.6 is 0 Å². The molecule has 1 amide bonds. The van der Waals surface area contributed by atoms with Gasteiger partial charge in [0.1, 0.15) is 11.5 Å². The summed E-state index contributed by atoms with van der Waals surface area (Å²) in [6, 6.07) is 16.5. The second-order valence-electron chi connectivity index (χ2n) is 8.46. The topological polar surface area (TPSA) is 54.8 Å². The zero-order valence-corrected chi connectivity index (χ0v) is 19.9. The van der Waals surface area contributed by atoms with Gasteiger partial charge in [0.05, 0.1) is 17.9 Å². The Morgan fingerprint density at radius 3 is 2.24 bits per heavy atom. The smallest absolute Gasteiger partial charge is 0.355 e. The Morgan fingerprint density at radius 1 is 0.941 bits per heavy atom. The standard InChI is InChI=1S/C27H30FN3O3/c1-4-34-27(33)25-19(2)24(20(3)31(25)18-21-10-6-5-7-11-21)26(32)30-16-14-29(15-17-30)23-13-9-8-12-22(23)28/h5-13H,4,14-18H2,1-3H3. The number of esters is 1. The Balaban J connectivity index is 1.61. The van der Waals surface area contributed by atoms with Gasteiger partial charge in [0.15, 0.2) is 0 Å². The van der Waals surface area contributed by atoms with E-state index in [1.165, 1.54) is 6.07 Å². The van der Waals surface area contributed by atoms with E-state index in [0.29, 0.717) is 55.2 Å². The molecule has 2 heterocycles. The zero-order valence-electron chi connectivity index (χ0n) is 19.9. The first-order valence-electron chi connectivity index (χ1n) is 11.6. The van der Waals surface area contributed by atoms with Gasteiger partial charge in [-0.1, -0.05) is 42.5 Å². The minimum atomic E-state index is -0.428. The quantitative estimate of drug-likeness (QED) is 0.508. The number of nitrogens with zero attached hydrogens (tertiary/aromatic N) is 3. The highest BCUT2D eigenvalue weighted by Crippen LogP contribution is 2.27. The number of amides is 1. The van der Waals surface area contributed by atoms with Gasteiger partial charge in [0, 0.05) is 38.4 Å². The lowest BCUT2D eigenvalue weighted by atomic mass is 10.1. The molecule has 0 bridgehead atoms. The molecule has 0 unspecified atom stereocenters. The number of anilines is 1. The van der Waals surface area contributed by atoms with Gasteiger partial charge in [-0.15, -0.1) is 0 Å². The van der Waals surface area contributed by atoms with Crippen LogP contribution in [0.5, 0.6) is 0 Å². The summed E-state index contributed by atoms with van der Waals surface area (Å²) in [7, 11) is 0. The molecule has 2 aromatic carbocycles. The molecule has 1 aromatic heterocycles. The van der Waals surface area contributed by atoms with Crippen molar-refractivity contribution < 1.29 is 18.7 Å². The average Bonchev–Trinajstić information content (AvgIpc) is 3.09. The maximum Gasteiger partial charge on any atom is 0.355 e. The van der Waals surface area contributed by atoms with Crippen molar-refractivity contribution in [3.8, 4) is 0 Å². The normalized spacial score (nSPS) is 13.8. The van der Waals surface area contributed by atoms with Gasteiger partial charge in [0.25, 0.3) is 5.91 Å². The monoisotopic (exact) mass is 463 g/mol. The van der Waals surface area contributed by atoms with E-state index in [1.807, 2.05) is 59.7 Å². The summed E-state index contributed by atoms with van der Waals surface area (Å²) >= 11 is 0. The van der Waals surface area contributed by atoms with E-state index >= 15 is 0 Å². The molecular formula is C27H30FN3O3. The van der Waals surface area contributed by atoms with Gasteiger partial charge in [-0.05, 0) is 44.0 Å². The van der Waals surface area contributed by atoms with Crippen LogP contribution in [0.3, 0.4) is 0 Å². The highest BCUT2D eigenvalue weighted by molar-refractivity contribution is 6.01. The number of aromatic nitrogens is 1. The summed E-state index contributed by atoms with van der Waals surface area (Å²) < 4.78 is 21.4. The predicted molar refractivity (Wildman–Crippen MR) is 130 cm³/mol. The summed E-state index contributed by atoms with van der Waals surface area (Å²) in [5, 5.41) is 0. The second-order valence-corrected chi connectivity index (χ2v) is 8.46. The van der Waals surface area contributed by atoms with Crippen molar-refractivity contribution in [2.24, 2.45) is 0 Å². The van der Waals surface area contributed by atoms with E-state index in [4.69, 9.17) is 4.74 Å². The number of hydrogen-bond donors (Lipinski definition) is 0. The summed E-state index contributed by atoms with van der Waals surface area (Å²) in [6.07, 6.45) is 0. The lowest BCUT2D eigenvalue weighted by Crippen LogP contribution is -2.49. The summed E-state index contributed by atoms with van der Waals surface area (Å²) in [6.45, 7) is 8.22. The molecule has 1 saturated heterocycles. The van der Waals surface area contributed by atoms with Crippen molar-refractivity contribution in [2.75, 3.05) is 37.7 Å². The van der Waals surface area contributed by atoms with Gasteiger partial charge < -0.3 is 19.1 Å². The number of piperazine rings is 1. The fraction of sp³-hybridized carbons (Fsp3) is 0.333. The molecule has 3 aromatic rings. The molecule has 6 nitrogen and oxygen atoms in total. The predicted octanol–water partition coefficient (Wildman–Crippen LogP) is 4.43. The van der Waals surface area contributed by atoms with Gasteiger partial charge in [0.2, 0.25) is 0 Å². The Morgan fingerprint density at radius 2 is 1.59 bits per heavy atom. The molecule has 0 atom stereocenters. The molecule has 0 radical (unpaired) electrons. The second kappa shape index (κ2) is 10.1. The molecule has 0 saturated carbocycles. The number of hydrogen-bond acceptors (Lipinski definition) is 4. The van der Waals surface area contributed by atoms with Crippen molar-refractivity contribution in [1.29, 1.82) is 0 Å². The third kappa shape index (κ3) is 4.55. The Kier molecular flexibility index (Phi) is 7.01. The van der Waals surface area contributed by atoms with Crippen LogP contribution in [-0.2, 0) is 11.3 Å². The molecule has 0 N–H and O–H groups in total. The zero-order chi connectivity index (χ0) is 24.2. The van der Waals surface area contributed by atoms with E-state index < -0.39 is 5.97 Å². The molecular weight excluding hydrogens is 433 g/mol. The molecule has 7 heteroatoms. The van der Waals surface area contributed by atoms with Crippen LogP contribution in [0.15, 0.2) is 54.6 Å². The van der Waals surface area contributed by atoms with Gasteiger partial charge in [-0.3, -0.25) is 4.79 Å². The van der Waals surface area contributed by atoms with Gasteiger partial charge in [-0.25, -0.2) is 9.18 Å². The SMILES string of the molecule is CCOC(=O)c1c(C)c(C(=O)N2CCN(c3ccccc3F)CC2)c(C)n1Cc1ccccc1. The number of para-hydroxylation sites is 1. The van der Waals surface area contributed by atoms with Gasteiger partial charge >= 0.3 is 5.97 Å². The number of halogens is 1. The fourth-order valence-electron chi connectivity index (χ4n) is 4.65. The van der Waals surface area contributed by atoms with E-state index in [-0.39, 0.29) is 18.3 Å². The highest BCUT2D eigenvalue weighted by atomic mass is 19.1. The molecule has 0 spiro atoms. The minimum Gasteiger partial charge on any atom is -0.461 e. The lowest BCUT2D eigenvalue weighted by molar-refractivity contribution is 0.0513. The molecule has 4 rings (SSSR count). The maximum atomic E-state index is 14.2. The Hall–Kier alpha value is -3.61. The van der Waals surface area contributed by atoms with E-state index in [1.54, 1.807) is 24.0 Å². The van der Waals surface area contributed by atoms with Crippen molar-refractivity contribution in [2.45, 2.75) is 27.3 Å². The van der Waals surface area contributed by atoms with Crippen LogP contribution in [0.25, 0.3) is 0 Å². The van der Waals surface area contributed by atoms with E-state index in [9.17, 15) is 14.0 Å². The molecule has 1 aliphatic heterocycles. The third-order valence-electron chi connectivity index (χ3n) is 6.39. The Labute approximate surface area is 199 Å². The molecule has 0 aliphatic carbocycles. The van der Waals surface area contributed by atoms with Crippen LogP contribution in [0, 0.1) is 19.7 Å². The van der Waals surface area contributed by atoms with Crippen LogP contribution in [0.1, 0.15) is 44.6 Å². The molecule has 178 valence electrons. The van der Waals surface area contributed by atoms with E-state index in [2.05, 4.69) is 0 Å². The van der Waals surface area contributed by atoms with Crippen LogP contribution in [0.2, 0.25) is 0 Å². The first-order valence-corrected chi connectivity index (χ1v) is 11.6. The fourth-order valence-corrected chi connectivity index (χ4v) is 4.65. The number of benzene rings is 2. The van der Waals surface area contributed by atoms with Crippen molar-refractivity contribution >= 4 is 17.6 Å². The Bertz CT molecular complexity index is 1180. The van der Waals surface area contributed by atoms with Crippen molar-refractivity contribution in [1.82, 2.24) is 9.47 Å². The first-order chi connectivity index (χ1) is 16.4. The lowest BCUT2D eigenvalue weighted by Gasteiger charge is -2.36. The van der Waals surface area contributed by atoms with Crippen LogP contribution in [0.4, 0.5) is 10.1 Å². The average molecular weight is 464 g/mol. The highest BCUT2D eigenvalue weighted by Gasteiger charge is 2.31. The largest absolute Gasteiger partial charge is 0.461 e. The van der Waals surface area contributed by atoms with Crippen molar-refractivity contribution in [3.05, 3.63) is 88.5 Å². The van der Waals surface area contributed by atoms with Gasteiger partial charge in [-0.2, -0.15) is 0 Å².